The molecule has 4 heterocycles. The van der Waals surface area contributed by atoms with Gasteiger partial charge < -0.3 is 11.1 Å². The molecule has 0 unspecified atom stereocenters. The first kappa shape index (κ1) is 24.6. The van der Waals surface area contributed by atoms with Crippen LogP contribution in [-0.4, -0.2) is 39.8 Å². The first-order valence-corrected chi connectivity index (χ1v) is 12.4. The number of nitrogens with two attached hydrogens (primary N) is 1. The van der Waals surface area contributed by atoms with Crippen LogP contribution in [0.2, 0.25) is 0 Å². The van der Waals surface area contributed by atoms with Crippen LogP contribution in [-0.2, 0) is 7.05 Å². The zero-order chi connectivity index (χ0) is 27.8. The van der Waals surface area contributed by atoms with Gasteiger partial charge in [0.05, 0.1) is 28.8 Å². The normalized spacial score (nSPS) is 11.8. The van der Waals surface area contributed by atoms with E-state index in [1.54, 1.807) is 67.6 Å². The van der Waals surface area contributed by atoms with E-state index in [2.05, 4.69) is 32.3 Å². The molecule has 196 valence electrons. The van der Waals surface area contributed by atoms with E-state index in [0.717, 1.165) is 0 Å². The molecule has 0 aliphatic heterocycles. The Bertz CT molecular complexity index is 2030. The Morgan fingerprint density at radius 1 is 1.02 bits per heavy atom. The fourth-order valence-corrected chi connectivity index (χ4v) is 4.55. The molecule has 0 bridgehead atoms. The summed E-state index contributed by atoms with van der Waals surface area (Å²) in [5.74, 6) is 6.10. The van der Waals surface area contributed by atoms with Crippen molar-refractivity contribution in [1.82, 2.24) is 39.2 Å². The third-order valence-electron chi connectivity index (χ3n) is 6.47. The number of fused-ring (bicyclic) bond motifs is 2. The Balaban J connectivity index is 1.48. The van der Waals surface area contributed by atoms with E-state index in [9.17, 15) is 9.59 Å². The maximum Gasteiger partial charge on any atom is 0.267 e. The number of carbonyl (C=O) groups excluding carboxylic acids is 1. The number of rotatable bonds is 4. The lowest BCUT2D eigenvalue weighted by molar-refractivity contribution is 0.0940. The van der Waals surface area contributed by atoms with Gasteiger partial charge in [-0.1, -0.05) is 30.2 Å². The molecule has 1 amide bonds. The zero-order valence-electron chi connectivity index (χ0n) is 21.6. The number of nitrogen functional groups attached to an aromatic ring is 1. The molecule has 1 atom stereocenters. The Morgan fingerprint density at radius 3 is 2.62 bits per heavy atom. The minimum atomic E-state index is -0.688. The Hall–Kier alpha value is -5.76. The molecule has 0 aliphatic carbocycles. The van der Waals surface area contributed by atoms with Crippen molar-refractivity contribution in [3.05, 3.63) is 112 Å². The van der Waals surface area contributed by atoms with Gasteiger partial charge in [-0.05, 0) is 49.2 Å². The number of aromatic nitrogens is 7. The molecule has 0 aliphatic rings. The monoisotopic (exact) mass is 529 g/mol. The number of aryl methyl sites for hydroxylation is 1. The number of hydrogen-bond acceptors (Lipinski definition) is 7. The molecule has 3 N–H and O–H groups in total. The highest BCUT2D eigenvalue weighted by molar-refractivity contribution is 6.04. The highest BCUT2D eigenvalue weighted by Crippen LogP contribution is 2.22. The highest BCUT2D eigenvalue weighted by atomic mass is 16.2. The van der Waals surface area contributed by atoms with E-state index >= 15 is 0 Å². The molecule has 0 radical (unpaired) electrons. The van der Waals surface area contributed by atoms with Crippen molar-refractivity contribution in [2.75, 3.05) is 5.73 Å². The van der Waals surface area contributed by atoms with Gasteiger partial charge >= 0.3 is 0 Å². The number of amides is 1. The summed E-state index contributed by atoms with van der Waals surface area (Å²) in [7, 11) is 1.80. The molecule has 11 heteroatoms. The van der Waals surface area contributed by atoms with Gasteiger partial charge in [0, 0.05) is 25.0 Å². The van der Waals surface area contributed by atoms with Gasteiger partial charge in [-0.25, -0.2) is 14.5 Å². The highest BCUT2D eigenvalue weighted by Gasteiger charge is 2.24. The average molecular weight is 530 g/mol. The smallest absolute Gasteiger partial charge is 0.267 e. The standard InChI is InChI=1S/C29H23N9O2/c1-18(33-28(39)24-25(30)35-37-17-7-15-31-27(24)37)26-34-22-11-6-8-19(12-13-20-14-16-32-36(20)2)23(22)29(40)38(26)21-9-4-3-5-10-21/h3-11,14-18H,1-2H3,(H2,30,35)(H,33,39)/t18-/m1/s1. The van der Waals surface area contributed by atoms with E-state index in [1.165, 1.54) is 9.08 Å². The van der Waals surface area contributed by atoms with Gasteiger partial charge in [-0.2, -0.15) is 5.10 Å². The average Bonchev–Trinajstić information content (AvgIpc) is 3.53. The van der Waals surface area contributed by atoms with Crippen LogP contribution in [0.15, 0.2) is 84.0 Å². The van der Waals surface area contributed by atoms with Crippen LogP contribution in [0.1, 0.15) is 40.4 Å². The molecule has 6 aromatic rings. The second-order valence-electron chi connectivity index (χ2n) is 9.08. The molecule has 40 heavy (non-hydrogen) atoms. The quantitative estimate of drug-likeness (QED) is 0.335. The predicted molar refractivity (Wildman–Crippen MR) is 150 cm³/mol. The van der Waals surface area contributed by atoms with Crippen molar-refractivity contribution >= 4 is 28.3 Å². The van der Waals surface area contributed by atoms with Crippen LogP contribution in [0.4, 0.5) is 5.82 Å². The van der Waals surface area contributed by atoms with E-state index in [0.29, 0.717) is 39.3 Å². The number of anilines is 1. The molecule has 0 spiro atoms. The van der Waals surface area contributed by atoms with E-state index in [-0.39, 0.29) is 16.9 Å². The molecule has 0 saturated carbocycles. The summed E-state index contributed by atoms with van der Waals surface area (Å²) in [6.45, 7) is 1.76. The summed E-state index contributed by atoms with van der Waals surface area (Å²) < 4.78 is 4.60. The fourth-order valence-electron chi connectivity index (χ4n) is 4.55. The molecule has 11 nitrogen and oxygen atoms in total. The third kappa shape index (κ3) is 4.23. The van der Waals surface area contributed by atoms with Gasteiger partial charge in [0.2, 0.25) is 0 Å². The summed E-state index contributed by atoms with van der Waals surface area (Å²) in [5, 5.41) is 11.6. The van der Waals surface area contributed by atoms with Crippen LogP contribution in [0, 0.1) is 11.8 Å². The van der Waals surface area contributed by atoms with Crippen LogP contribution in [0.3, 0.4) is 0 Å². The second kappa shape index (κ2) is 9.85. The van der Waals surface area contributed by atoms with Gasteiger partial charge in [0.1, 0.15) is 17.1 Å². The Morgan fingerprint density at radius 2 is 1.85 bits per heavy atom. The van der Waals surface area contributed by atoms with Crippen LogP contribution < -0.4 is 16.6 Å². The minimum absolute atomic E-state index is 0.0481. The van der Waals surface area contributed by atoms with E-state index in [1.807, 2.05) is 30.3 Å². The van der Waals surface area contributed by atoms with Crippen LogP contribution in [0.5, 0.6) is 0 Å². The summed E-state index contributed by atoms with van der Waals surface area (Å²) >= 11 is 0. The van der Waals surface area contributed by atoms with Gasteiger partial charge in [0.15, 0.2) is 11.5 Å². The van der Waals surface area contributed by atoms with Crippen molar-refractivity contribution < 1.29 is 4.79 Å². The maximum atomic E-state index is 14.1. The van der Waals surface area contributed by atoms with Crippen molar-refractivity contribution in [3.8, 4) is 17.5 Å². The van der Waals surface area contributed by atoms with Gasteiger partial charge in [-0.3, -0.25) is 18.8 Å². The van der Waals surface area contributed by atoms with Crippen molar-refractivity contribution in [1.29, 1.82) is 0 Å². The first-order valence-electron chi connectivity index (χ1n) is 12.4. The van der Waals surface area contributed by atoms with E-state index in [4.69, 9.17) is 10.7 Å². The number of carbonyl (C=O) groups is 1. The Labute approximate surface area is 227 Å². The lowest BCUT2D eigenvalue weighted by Gasteiger charge is -2.20. The molecule has 4 aromatic heterocycles. The lowest BCUT2D eigenvalue weighted by atomic mass is 10.1. The number of benzene rings is 2. The van der Waals surface area contributed by atoms with Gasteiger partial charge in [0.25, 0.3) is 11.5 Å². The van der Waals surface area contributed by atoms with E-state index < -0.39 is 11.9 Å². The first-order chi connectivity index (χ1) is 19.4. The van der Waals surface area contributed by atoms with Crippen molar-refractivity contribution in [2.24, 2.45) is 7.05 Å². The number of hydrogen-bond donors (Lipinski definition) is 2. The summed E-state index contributed by atoms with van der Waals surface area (Å²) in [4.78, 5) is 36.6. The SMILES string of the molecule is C[C@@H](NC(=O)c1c(N)nn2cccnc12)c1nc2cccc(C#Cc3ccnn3C)c2c(=O)n1-c1ccccc1. The minimum Gasteiger partial charge on any atom is -0.381 e. The number of para-hydroxylation sites is 1. The zero-order valence-corrected chi connectivity index (χ0v) is 21.6. The van der Waals surface area contributed by atoms with Crippen LogP contribution >= 0.6 is 0 Å². The molecule has 0 saturated heterocycles. The molecule has 2 aromatic carbocycles. The summed E-state index contributed by atoms with van der Waals surface area (Å²) in [6.07, 6.45) is 4.88. The molecule has 0 fully saturated rings. The third-order valence-corrected chi connectivity index (χ3v) is 6.47. The number of nitrogens with zero attached hydrogens (tertiary/aromatic N) is 7. The summed E-state index contributed by atoms with van der Waals surface area (Å²) in [6, 6.07) is 17.3. The Kier molecular flexibility index (Phi) is 6.05. The predicted octanol–water partition coefficient (Wildman–Crippen LogP) is 2.63. The molecular formula is C29H23N9O2. The van der Waals surface area contributed by atoms with Crippen molar-refractivity contribution in [2.45, 2.75) is 13.0 Å². The largest absolute Gasteiger partial charge is 0.381 e. The van der Waals surface area contributed by atoms with Crippen LogP contribution in [0.25, 0.3) is 22.2 Å². The van der Waals surface area contributed by atoms with Gasteiger partial charge in [-0.15, -0.1) is 5.10 Å². The topological polar surface area (TPSA) is 138 Å². The lowest BCUT2D eigenvalue weighted by Crippen LogP contribution is -2.33. The molecular weight excluding hydrogens is 506 g/mol. The number of nitrogens with one attached hydrogen (secondary N) is 1. The maximum absolute atomic E-state index is 14.1. The van der Waals surface area contributed by atoms with Crippen molar-refractivity contribution in [3.63, 3.8) is 0 Å². The second-order valence-corrected chi connectivity index (χ2v) is 9.08. The summed E-state index contributed by atoms with van der Waals surface area (Å²) in [5.41, 5.74) is 8.53. The fraction of sp³-hybridized carbons (Fsp3) is 0.103. The molecule has 6 rings (SSSR count).